The van der Waals surface area contributed by atoms with Crippen molar-refractivity contribution in [1.82, 2.24) is 4.57 Å². The monoisotopic (exact) mass is 758 g/mol. The number of hydrogen-bond acceptors (Lipinski definition) is 0. The van der Waals surface area contributed by atoms with Gasteiger partial charge in [0.25, 0.3) is 6.33 Å². The molecule has 0 amide bonds. The van der Waals surface area contributed by atoms with Crippen LogP contribution in [0.5, 0.6) is 0 Å². The number of aryl methyl sites for hydroxylation is 1. The summed E-state index contributed by atoms with van der Waals surface area (Å²) in [4.78, 5) is 0. The summed E-state index contributed by atoms with van der Waals surface area (Å²) in [6.45, 7) is 6.94. The van der Waals surface area contributed by atoms with E-state index in [1.54, 1.807) is 0 Å². The van der Waals surface area contributed by atoms with Crippen LogP contribution in [0.2, 0.25) is 0 Å². The van der Waals surface area contributed by atoms with E-state index in [0.717, 1.165) is 22.4 Å². The Morgan fingerprint density at radius 3 is 2.07 bits per heavy atom. The standard InChI is InChI=1S/C21H17B.C20H15N2.Pt/c1-21(2)17-12-6-8-14-19(17)22(16-10-4-3-5-11-16)20-15-9-7-13-18(20)21;1-16-11-13-18(14-12-16)22-15-21(17-7-3-2-4-8-17)19-9-5-6-10-20(19)22;/h3-10,12-14H,1-2H3;2-7,9-14H,1H3;/q-2;-1;+4. The molecule has 2 nitrogen and oxygen atoms in total. The average Bonchev–Trinajstić information content (AvgIpc) is 3.46. The first-order valence-corrected chi connectivity index (χ1v) is 15.1. The van der Waals surface area contributed by atoms with Crippen molar-refractivity contribution in [3.8, 4) is 11.4 Å². The van der Waals surface area contributed by atoms with Crippen molar-refractivity contribution >= 4 is 34.1 Å². The molecular weight excluding hydrogens is 726 g/mol. The molecule has 7 aromatic rings. The summed E-state index contributed by atoms with van der Waals surface area (Å²) in [5.74, 6) is 0. The van der Waals surface area contributed by atoms with Crippen LogP contribution in [0, 0.1) is 31.5 Å². The Kier molecular flexibility index (Phi) is 8.75. The molecule has 6 aromatic carbocycles. The van der Waals surface area contributed by atoms with Crippen LogP contribution in [0.1, 0.15) is 30.5 Å². The smallest absolute Gasteiger partial charge is 0.315 e. The third-order valence-corrected chi connectivity index (χ3v) is 8.63. The fourth-order valence-electron chi connectivity index (χ4n) is 6.41. The van der Waals surface area contributed by atoms with Gasteiger partial charge in [-0.15, -0.1) is 0 Å². The van der Waals surface area contributed by atoms with Gasteiger partial charge in [-0.05, 0) is 30.2 Å². The molecule has 1 aromatic heterocycles. The second-order valence-electron chi connectivity index (χ2n) is 11.8. The van der Waals surface area contributed by atoms with Gasteiger partial charge >= 0.3 is 21.1 Å². The first kappa shape index (κ1) is 30.6. The maximum absolute atomic E-state index is 3.51. The van der Waals surface area contributed by atoms with Gasteiger partial charge in [-0.25, -0.2) is 0 Å². The number of nitrogens with zero attached hydrogens (tertiary/aromatic N) is 2. The first-order chi connectivity index (χ1) is 21.5. The van der Waals surface area contributed by atoms with Gasteiger partial charge in [0.05, 0.1) is 16.7 Å². The normalized spacial score (nSPS) is 12.7. The molecule has 0 unspecified atom stereocenters. The molecule has 0 saturated heterocycles. The quantitative estimate of drug-likeness (QED) is 0.115. The van der Waals surface area contributed by atoms with E-state index >= 15 is 0 Å². The van der Waals surface area contributed by atoms with E-state index in [9.17, 15) is 0 Å². The topological polar surface area (TPSA) is 8.81 Å². The predicted molar refractivity (Wildman–Crippen MR) is 181 cm³/mol. The number of hydrogen-bond donors (Lipinski definition) is 0. The number of aromatic nitrogens is 2. The summed E-state index contributed by atoms with van der Waals surface area (Å²) in [7, 11) is 0. The Hall–Kier alpha value is -4.46. The second kappa shape index (κ2) is 12.9. The Balaban J connectivity index is 0.000000155. The summed E-state index contributed by atoms with van der Waals surface area (Å²) < 4.78 is 4.14. The van der Waals surface area contributed by atoms with Gasteiger partial charge in [0.15, 0.2) is 6.71 Å². The van der Waals surface area contributed by atoms with Crippen molar-refractivity contribution in [3.05, 3.63) is 181 Å². The Labute approximate surface area is 281 Å². The summed E-state index contributed by atoms with van der Waals surface area (Å²) in [6.07, 6.45) is 3.44. The van der Waals surface area contributed by atoms with Gasteiger partial charge in [0.1, 0.15) is 0 Å². The largest absolute Gasteiger partial charge is 4.00 e. The number of rotatable bonds is 3. The van der Waals surface area contributed by atoms with E-state index in [1.165, 1.54) is 33.1 Å². The van der Waals surface area contributed by atoms with E-state index in [0.29, 0.717) is 0 Å². The van der Waals surface area contributed by atoms with Crippen LogP contribution in [-0.4, -0.2) is 11.3 Å². The van der Waals surface area contributed by atoms with E-state index in [2.05, 4.69) is 151 Å². The maximum atomic E-state index is 3.51. The molecule has 218 valence electrons. The Bertz CT molecular complexity index is 2000. The minimum absolute atomic E-state index is 0. The first-order valence-electron chi connectivity index (χ1n) is 15.1. The summed E-state index contributed by atoms with van der Waals surface area (Å²) in [6, 6.07) is 58.5. The molecule has 1 aliphatic heterocycles. The zero-order valence-electron chi connectivity index (χ0n) is 25.6. The van der Waals surface area contributed by atoms with Crippen LogP contribution in [0.4, 0.5) is 0 Å². The molecule has 0 saturated carbocycles. The van der Waals surface area contributed by atoms with Gasteiger partial charge in [-0.2, -0.15) is 101 Å². The van der Waals surface area contributed by atoms with Crippen LogP contribution < -0.4 is 21.0 Å². The van der Waals surface area contributed by atoms with Crippen LogP contribution >= 0.6 is 0 Å². The van der Waals surface area contributed by atoms with Crippen molar-refractivity contribution in [2.45, 2.75) is 26.2 Å². The third-order valence-electron chi connectivity index (χ3n) is 8.63. The molecule has 0 atom stereocenters. The minimum Gasteiger partial charge on any atom is -0.315 e. The number of imidazole rings is 1. The Morgan fingerprint density at radius 1 is 0.644 bits per heavy atom. The molecule has 2 heterocycles. The third kappa shape index (κ3) is 5.74. The van der Waals surface area contributed by atoms with Crippen LogP contribution in [0.25, 0.3) is 22.4 Å². The van der Waals surface area contributed by atoms with Crippen molar-refractivity contribution in [2.24, 2.45) is 0 Å². The molecule has 8 rings (SSSR count). The SMILES string of the molecule is CC1(C)c2ccc[c-]c2B(c2[c-]cccc2)c2ccccc21.Cc1ccc(-[n+]2[c-]n(-c3[c-]cccc3)c3ccccc32)cc1.[Pt+4]. The van der Waals surface area contributed by atoms with E-state index in [-0.39, 0.29) is 33.2 Å². The second-order valence-corrected chi connectivity index (χ2v) is 11.8. The molecule has 45 heavy (non-hydrogen) atoms. The van der Waals surface area contributed by atoms with Crippen molar-refractivity contribution in [1.29, 1.82) is 0 Å². The molecular formula is C41H32BN2Pt+. The average molecular weight is 759 g/mol. The predicted octanol–water partition coefficient (Wildman–Crippen LogP) is 6.26. The molecule has 0 fully saturated rings. The minimum atomic E-state index is 0. The maximum Gasteiger partial charge on any atom is 4.00 e. The van der Waals surface area contributed by atoms with Crippen molar-refractivity contribution in [2.75, 3.05) is 0 Å². The fourth-order valence-corrected chi connectivity index (χ4v) is 6.41. The Morgan fingerprint density at radius 2 is 1.31 bits per heavy atom. The van der Waals surface area contributed by atoms with Crippen LogP contribution in [-0.2, 0) is 26.5 Å². The summed E-state index contributed by atoms with van der Waals surface area (Å²) >= 11 is 0. The molecule has 1 aliphatic rings. The van der Waals surface area contributed by atoms with E-state index < -0.39 is 0 Å². The van der Waals surface area contributed by atoms with Crippen LogP contribution in [0.3, 0.4) is 0 Å². The zero-order valence-corrected chi connectivity index (χ0v) is 27.8. The van der Waals surface area contributed by atoms with E-state index in [1.807, 2.05) is 42.5 Å². The van der Waals surface area contributed by atoms with Gasteiger partial charge in [0.2, 0.25) is 0 Å². The number of fused-ring (bicyclic) bond motifs is 3. The molecule has 4 heteroatoms. The number of para-hydroxylation sites is 3. The molecule has 0 bridgehead atoms. The zero-order chi connectivity index (χ0) is 30.1. The van der Waals surface area contributed by atoms with Gasteiger partial charge in [-0.1, -0.05) is 91.1 Å². The van der Waals surface area contributed by atoms with Gasteiger partial charge in [-0.3, -0.25) is 4.57 Å². The van der Waals surface area contributed by atoms with Crippen molar-refractivity contribution < 1.29 is 25.6 Å². The molecule has 0 spiro atoms. The molecule has 0 N–H and O–H groups in total. The molecule has 0 radical (unpaired) electrons. The summed E-state index contributed by atoms with van der Waals surface area (Å²) in [5, 5.41) is 0. The van der Waals surface area contributed by atoms with Gasteiger partial charge < -0.3 is 4.57 Å². The van der Waals surface area contributed by atoms with Crippen LogP contribution in [0.15, 0.2) is 140 Å². The van der Waals surface area contributed by atoms with Gasteiger partial charge in [0, 0.05) is 0 Å². The summed E-state index contributed by atoms with van der Waals surface area (Å²) in [5.41, 5.74) is 12.3. The fraction of sp³-hybridized carbons (Fsp3) is 0.0976. The van der Waals surface area contributed by atoms with Crippen molar-refractivity contribution in [3.63, 3.8) is 0 Å². The molecule has 0 aliphatic carbocycles. The van der Waals surface area contributed by atoms with E-state index in [4.69, 9.17) is 0 Å². The number of benzene rings is 6.